The Morgan fingerprint density at radius 2 is 2.12 bits per heavy atom. The van der Waals surface area contributed by atoms with Crippen LogP contribution in [0.25, 0.3) is 0 Å². The smallest absolute Gasteiger partial charge is 0.257 e. The number of nitrogens with zero attached hydrogens (tertiary/aromatic N) is 3. The predicted molar refractivity (Wildman–Crippen MR) is 96.7 cm³/mol. The van der Waals surface area contributed by atoms with Gasteiger partial charge in [-0.05, 0) is 37.6 Å². The van der Waals surface area contributed by atoms with Crippen LogP contribution < -0.4 is 10.6 Å². The van der Waals surface area contributed by atoms with Crippen LogP contribution in [0, 0.1) is 18.3 Å². The van der Waals surface area contributed by atoms with Gasteiger partial charge in [0.1, 0.15) is 5.88 Å². The molecule has 0 radical (unpaired) electrons. The van der Waals surface area contributed by atoms with Gasteiger partial charge >= 0.3 is 0 Å². The number of rotatable bonds is 6. The Morgan fingerprint density at radius 1 is 1.38 bits per heavy atom. The number of anilines is 2. The number of halogens is 1. The third-order valence-corrected chi connectivity index (χ3v) is 3.84. The van der Waals surface area contributed by atoms with Crippen LogP contribution in [-0.4, -0.2) is 38.2 Å². The van der Waals surface area contributed by atoms with E-state index < -0.39 is 11.5 Å². The number of amides is 2. The number of aryl methyl sites for hydroxylation is 1. The van der Waals surface area contributed by atoms with Crippen LogP contribution in [-0.2, 0) is 16.1 Å². The third kappa shape index (κ3) is 4.81. The molecule has 0 aliphatic rings. The van der Waals surface area contributed by atoms with Crippen molar-refractivity contribution in [1.82, 2.24) is 9.78 Å². The van der Waals surface area contributed by atoms with Gasteiger partial charge in [-0.15, -0.1) is 11.6 Å². The van der Waals surface area contributed by atoms with Gasteiger partial charge < -0.3 is 15.7 Å². The zero-order valence-electron chi connectivity index (χ0n) is 14.3. The van der Waals surface area contributed by atoms with Crippen molar-refractivity contribution in [2.45, 2.75) is 26.0 Å². The lowest BCUT2D eigenvalue weighted by Crippen LogP contribution is -2.43. The fourth-order valence-corrected chi connectivity index (χ4v) is 2.30. The summed E-state index contributed by atoms with van der Waals surface area (Å²) in [7, 11) is 0. The molecule has 2 rings (SSSR count). The summed E-state index contributed by atoms with van der Waals surface area (Å²) < 4.78 is 1.34. The van der Waals surface area contributed by atoms with E-state index in [9.17, 15) is 14.7 Å². The second kappa shape index (κ2) is 7.99. The van der Waals surface area contributed by atoms with E-state index in [-0.39, 0.29) is 18.3 Å². The minimum Gasteiger partial charge on any atom is -0.378 e. The summed E-state index contributed by atoms with van der Waals surface area (Å²) in [5.74, 6) is -1.19. The Labute approximate surface area is 155 Å². The quantitative estimate of drug-likeness (QED) is 0.663. The topological polar surface area (TPSA) is 120 Å². The van der Waals surface area contributed by atoms with Crippen molar-refractivity contribution in [2.75, 3.05) is 16.5 Å². The number of hydrogen-bond acceptors (Lipinski definition) is 5. The molecule has 0 aliphatic heterocycles. The lowest BCUT2D eigenvalue weighted by atomic mass is 10.1. The van der Waals surface area contributed by atoms with Gasteiger partial charge in [-0.1, -0.05) is 0 Å². The average Bonchev–Trinajstić information content (AvgIpc) is 3.01. The molecule has 1 heterocycles. The summed E-state index contributed by atoms with van der Waals surface area (Å²) in [4.78, 5) is 23.6. The fourth-order valence-electron chi connectivity index (χ4n) is 2.23. The first-order valence-electron chi connectivity index (χ1n) is 7.68. The maximum absolute atomic E-state index is 12.4. The molecule has 1 atom stereocenters. The molecule has 0 aliphatic carbocycles. The Morgan fingerprint density at radius 3 is 2.73 bits per heavy atom. The van der Waals surface area contributed by atoms with Crippen LogP contribution in [0.15, 0.2) is 30.6 Å². The maximum Gasteiger partial charge on any atom is 0.257 e. The number of carbonyl (C=O) groups excluding carboxylic acids is 2. The molecule has 1 aromatic heterocycles. The summed E-state index contributed by atoms with van der Waals surface area (Å²) in [6.45, 7) is 3.00. The summed E-state index contributed by atoms with van der Waals surface area (Å²) >= 11 is 5.41. The van der Waals surface area contributed by atoms with Crippen molar-refractivity contribution >= 4 is 34.8 Å². The normalized spacial score (nSPS) is 12.7. The molecule has 2 aromatic rings. The Balaban J connectivity index is 2.05. The summed E-state index contributed by atoms with van der Waals surface area (Å²) in [5, 5.41) is 28.5. The predicted octanol–water partition coefficient (Wildman–Crippen LogP) is 1.63. The van der Waals surface area contributed by atoms with Gasteiger partial charge in [0.05, 0.1) is 30.1 Å². The molecule has 0 saturated heterocycles. The van der Waals surface area contributed by atoms with Crippen LogP contribution >= 0.6 is 11.6 Å². The lowest BCUT2D eigenvalue weighted by molar-refractivity contribution is -0.133. The van der Waals surface area contributed by atoms with E-state index >= 15 is 0 Å². The molecule has 0 bridgehead atoms. The summed E-state index contributed by atoms with van der Waals surface area (Å²) in [6, 6.07) is 6.89. The average molecular weight is 376 g/mol. The minimum absolute atomic E-state index is 0.120. The fraction of sp³-hybridized carbons (Fsp3) is 0.294. The van der Waals surface area contributed by atoms with E-state index in [4.69, 9.17) is 16.9 Å². The van der Waals surface area contributed by atoms with E-state index in [1.807, 2.05) is 6.07 Å². The van der Waals surface area contributed by atoms with Crippen molar-refractivity contribution < 1.29 is 14.7 Å². The van der Waals surface area contributed by atoms with Crippen LogP contribution in [0.4, 0.5) is 11.4 Å². The second-order valence-corrected chi connectivity index (χ2v) is 6.25. The van der Waals surface area contributed by atoms with Crippen molar-refractivity contribution in [3.63, 3.8) is 0 Å². The standard InChI is InChI=1S/C17H18ClN5O3/c1-11-5-13(4-3-12(11)7-19)22-16(25)17(2,26)10-23-9-14(8-20-23)21-15(24)6-18/h3-5,8-9,26H,6,10H2,1-2H3,(H,21,24)(H,22,25). The molecule has 2 amide bonds. The highest BCUT2D eigenvalue weighted by Crippen LogP contribution is 2.17. The molecule has 0 fully saturated rings. The Bertz CT molecular complexity index is 870. The van der Waals surface area contributed by atoms with E-state index in [0.29, 0.717) is 16.9 Å². The van der Waals surface area contributed by atoms with E-state index in [2.05, 4.69) is 15.7 Å². The third-order valence-electron chi connectivity index (χ3n) is 3.60. The molecule has 1 unspecified atom stereocenters. The first-order chi connectivity index (χ1) is 12.2. The van der Waals surface area contributed by atoms with Crippen molar-refractivity contribution in [3.8, 4) is 6.07 Å². The van der Waals surface area contributed by atoms with Crippen LogP contribution in [0.3, 0.4) is 0 Å². The van der Waals surface area contributed by atoms with Crippen molar-refractivity contribution in [1.29, 1.82) is 5.26 Å². The zero-order chi connectivity index (χ0) is 19.3. The number of carbonyl (C=O) groups is 2. The monoisotopic (exact) mass is 375 g/mol. The Kier molecular flexibility index (Phi) is 5.97. The lowest BCUT2D eigenvalue weighted by Gasteiger charge is -2.22. The number of benzene rings is 1. The minimum atomic E-state index is -1.75. The van der Waals surface area contributed by atoms with Gasteiger partial charge in [0, 0.05) is 11.9 Å². The number of hydrogen-bond donors (Lipinski definition) is 3. The number of aromatic nitrogens is 2. The van der Waals surface area contributed by atoms with Gasteiger partial charge in [0.15, 0.2) is 5.60 Å². The highest BCUT2D eigenvalue weighted by Gasteiger charge is 2.31. The summed E-state index contributed by atoms with van der Waals surface area (Å²) in [5.41, 5.74) is 0.369. The molecule has 0 spiro atoms. The number of alkyl halides is 1. The van der Waals surface area contributed by atoms with Crippen molar-refractivity contribution in [3.05, 3.63) is 41.7 Å². The molecule has 1 aromatic carbocycles. The Hall–Kier alpha value is -2.89. The van der Waals surface area contributed by atoms with E-state index in [1.165, 1.54) is 24.0 Å². The first kappa shape index (κ1) is 19.4. The first-order valence-corrected chi connectivity index (χ1v) is 8.21. The van der Waals surface area contributed by atoms with Crippen LogP contribution in [0.1, 0.15) is 18.1 Å². The van der Waals surface area contributed by atoms with Crippen molar-refractivity contribution in [2.24, 2.45) is 0 Å². The molecule has 9 heteroatoms. The van der Waals surface area contributed by atoms with E-state index in [0.717, 1.165) is 5.56 Å². The molecule has 0 saturated carbocycles. The van der Waals surface area contributed by atoms with Gasteiger partial charge in [-0.2, -0.15) is 10.4 Å². The molecular weight excluding hydrogens is 358 g/mol. The largest absolute Gasteiger partial charge is 0.378 e. The molecule has 26 heavy (non-hydrogen) atoms. The van der Waals surface area contributed by atoms with Crippen LogP contribution in [0.2, 0.25) is 0 Å². The van der Waals surface area contributed by atoms with Gasteiger partial charge in [0.2, 0.25) is 5.91 Å². The number of aliphatic hydroxyl groups is 1. The highest BCUT2D eigenvalue weighted by atomic mass is 35.5. The maximum atomic E-state index is 12.4. The van der Waals surface area contributed by atoms with Gasteiger partial charge in [-0.25, -0.2) is 0 Å². The molecular formula is C17H18ClN5O3. The van der Waals surface area contributed by atoms with Crippen LogP contribution in [0.5, 0.6) is 0 Å². The zero-order valence-corrected chi connectivity index (χ0v) is 15.0. The molecule has 3 N–H and O–H groups in total. The number of nitrogens with one attached hydrogen (secondary N) is 2. The van der Waals surface area contributed by atoms with E-state index in [1.54, 1.807) is 25.1 Å². The molecule has 136 valence electrons. The second-order valence-electron chi connectivity index (χ2n) is 5.98. The van der Waals surface area contributed by atoms with Gasteiger partial charge in [0.25, 0.3) is 5.91 Å². The summed E-state index contributed by atoms with van der Waals surface area (Å²) in [6.07, 6.45) is 2.88. The number of nitriles is 1. The van der Waals surface area contributed by atoms with Gasteiger partial charge in [-0.3, -0.25) is 14.3 Å². The molecule has 8 nitrogen and oxygen atoms in total. The highest BCUT2D eigenvalue weighted by molar-refractivity contribution is 6.29. The SMILES string of the molecule is Cc1cc(NC(=O)C(C)(O)Cn2cc(NC(=O)CCl)cn2)ccc1C#N.